The molecule has 1 atom stereocenters. The van der Waals surface area contributed by atoms with Crippen LogP contribution in [0.5, 0.6) is 0 Å². The predicted octanol–water partition coefficient (Wildman–Crippen LogP) is 4.09. The maximum absolute atomic E-state index is 12.4. The van der Waals surface area contributed by atoms with Crippen molar-refractivity contribution in [2.24, 2.45) is 5.41 Å². The van der Waals surface area contributed by atoms with E-state index in [1.165, 1.54) is 5.56 Å². The van der Waals surface area contributed by atoms with Gasteiger partial charge in [0.1, 0.15) is 0 Å². The van der Waals surface area contributed by atoms with Crippen molar-refractivity contribution in [3.63, 3.8) is 0 Å². The molecule has 104 valence electrons. The first-order valence-electron chi connectivity index (χ1n) is 6.93. The summed E-state index contributed by atoms with van der Waals surface area (Å²) in [5.74, 6) is 0.698. The molecule has 1 fully saturated rings. The van der Waals surface area contributed by atoms with Crippen LogP contribution >= 0.6 is 11.6 Å². The lowest BCUT2D eigenvalue weighted by Gasteiger charge is -2.36. The van der Waals surface area contributed by atoms with Crippen LogP contribution < -0.4 is 0 Å². The molecule has 0 spiro atoms. The average Bonchev–Trinajstić information content (AvgIpc) is 2.38. The molecule has 0 aromatic heterocycles. The average molecular weight is 280 g/mol. The van der Waals surface area contributed by atoms with Crippen molar-refractivity contribution in [3.8, 4) is 0 Å². The number of halogens is 1. The summed E-state index contributed by atoms with van der Waals surface area (Å²) in [6, 6.07) is 8.03. The van der Waals surface area contributed by atoms with Gasteiger partial charge in [-0.2, -0.15) is 0 Å². The molecule has 19 heavy (non-hydrogen) atoms. The number of hydrogen-bond acceptors (Lipinski definition) is 1. The monoisotopic (exact) mass is 279 g/mol. The molecular formula is C16H22ClNO. The second kappa shape index (κ2) is 5.54. The van der Waals surface area contributed by atoms with Crippen LogP contribution in [0.3, 0.4) is 0 Å². The van der Waals surface area contributed by atoms with E-state index >= 15 is 0 Å². The number of rotatable bonds is 1. The molecule has 1 unspecified atom stereocenters. The first-order valence-corrected chi connectivity index (χ1v) is 7.30. The zero-order valence-electron chi connectivity index (χ0n) is 11.9. The Morgan fingerprint density at radius 3 is 2.47 bits per heavy atom. The molecule has 3 heteroatoms. The fraction of sp³-hybridized carbons (Fsp3) is 0.562. The van der Waals surface area contributed by atoms with Crippen molar-refractivity contribution in [3.05, 3.63) is 34.9 Å². The Labute approximate surface area is 120 Å². The number of nitrogens with zero attached hydrogens (tertiary/aromatic N) is 1. The van der Waals surface area contributed by atoms with E-state index in [1.807, 2.05) is 37.8 Å². The van der Waals surface area contributed by atoms with Gasteiger partial charge in [-0.25, -0.2) is 0 Å². The molecule has 0 bridgehead atoms. The molecule has 2 nitrogen and oxygen atoms in total. The summed E-state index contributed by atoms with van der Waals surface area (Å²) >= 11 is 5.93. The highest BCUT2D eigenvalue weighted by Crippen LogP contribution is 2.30. The van der Waals surface area contributed by atoms with Gasteiger partial charge in [0.25, 0.3) is 0 Å². The molecule has 0 N–H and O–H groups in total. The zero-order valence-corrected chi connectivity index (χ0v) is 12.7. The number of carbonyl (C=O) groups is 1. The van der Waals surface area contributed by atoms with Crippen molar-refractivity contribution in [1.82, 2.24) is 4.90 Å². The Kier molecular flexibility index (Phi) is 4.19. The van der Waals surface area contributed by atoms with Crippen LogP contribution in [-0.2, 0) is 4.79 Å². The van der Waals surface area contributed by atoms with Gasteiger partial charge in [-0.15, -0.1) is 0 Å². The van der Waals surface area contributed by atoms with Crippen LogP contribution in [0.15, 0.2) is 24.3 Å². The van der Waals surface area contributed by atoms with E-state index in [2.05, 4.69) is 12.1 Å². The molecule has 1 aromatic carbocycles. The maximum atomic E-state index is 12.4. The second-order valence-electron chi connectivity index (χ2n) is 6.39. The zero-order chi connectivity index (χ0) is 14.0. The number of piperidine rings is 1. The lowest BCUT2D eigenvalue weighted by molar-refractivity contribution is -0.140. The SMILES string of the molecule is CC(C)(C)C(=O)N1CCCC(c2ccc(Cl)cc2)C1. The molecule has 0 radical (unpaired) electrons. The Morgan fingerprint density at radius 1 is 1.26 bits per heavy atom. The van der Waals surface area contributed by atoms with Gasteiger partial charge in [-0.3, -0.25) is 4.79 Å². The van der Waals surface area contributed by atoms with Crippen molar-refractivity contribution in [2.75, 3.05) is 13.1 Å². The molecule has 1 aliphatic heterocycles. The highest BCUT2D eigenvalue weighted by Gasteiger charge is 2.31. The Balaban J connectivity index is 2.09. The smallest absolute Gasteiger partial charge is 0.227 e. The first-order chi connectivity index (χ1) is 8.88. The molecule has 1 aromatic rings. The lowest BCUT2D eigenvalue weighted by atomic mass is 9.88. The third kappa shape index (κ3) is 3.50. The second-order valence-corrected chi connectivity index (χ2v) is 6.83. The van der Waals surface area contributed by atoms with Crippen LogP contribution in [-0.4, -0.2) is 23.9 Å². The molecule has 0 aliphatic carbocycles. The third-order valence-corrected chi connectivity index (χ3v) is 3.94. The van der Waals surface area contributed by atoms with E-state index in [-0.39, 0.29) is 11.3 Å². The number of amides is 1. The molecule has 1 saturated heterocycles. The van der Waals surface area contributed by atoms with Gasteiger partial charge in [0.15, 0.2) is 0 Å². The first kappa shape index (κ1) is 14.4. The van der Waals surface area contributed by atoms with E-state index in [4.69, 9.17) is 11.6 Å². The largest absolute Gasteiger partial charge is 0.342 e. The fourth-order valence-corrected chi connectivity index (χ4v) is 2.77. The van der Waals surface area contributed by atoms with E-state index in [0.717, 1.165) is 31.0 Å². The molecule has 2 rings (SSSR count). The maximum Gasteiger partial charge on any atom is 0.227 e. The van der Waals surface area contributed by atoms with Gasteiger partial charge in [0.2, 0.25) is 5.91 Å². The minimum atomic E-state index is -0.290. The molecule has 1 amide bonds. The minimum absolute atomic E-state index is 0.256. The van der Waals surface area contributed by atoms with Crippen molar-refractivity contribution < 1.29 is 4.79 Å². The Hall–Kier alpha value is -1.02. The summed E-state index contributed by atoms with van der Waals surface area (Å²) in [6.45, 7) is 7.68. The van der Waals surface area contributed by atoms with Gasteiger partial charge in [0.05, 0.1) is 0 Å². The van der Waals surface area contributed by atoms with Crippen LogP contribution in [0.1, 0.15) is 45.1 Å². The summed E-state index contributed by atoms with van der Waals surface area (Å²) < 4.78 is 0. The quantitative estimate of drug-likeness (QED) is 0.758. The van der Waals surface area contributed by atoms with Gasteiger partial charge in [-0.1, -0.05) is 44.5 Å². The van der Waals surface area contributed by atoms with Crippen LogP contribution in [0, 0.1) is 5.41 Å². The Bertz CT molecular complexity index is 447. The Morgan fingerprint density at radius 2 is 1.89 bits per heavy atom. The van der Waals surface area contributed by atoms with Crippen LogP contribution in [0.25, 0.3) is 0 Å². The third-order valence-electron chi connectivity index (χ3n) is 3.69. The molecular weight excluding hydrogens is 258 g/mol. The van der Waals surface area contributed by atoms with Crippen LogP contribution in [0.4, 0.5) is 0 Å². The van der Waals surface area contributed by atoms with Gasteiger partial charge >= 0.3 is 0 Å². The normalized spacial score (nSPS) is 20.4. The number of likely N-dealkylation sites (tertiary alicyclic amines) is 1. The van der Waals surface area contributed by atoms with Crippen LogP contribution in [0.2, 0.25) is 5.02 Å². The fourth-order valence-electron chi connectivity index (χ4n) is 2.64. The van der Waals surface area contributed by atoms with Crippen molar-refractivity contribution in [1.29, 1.82) is 0 Å². The molecule has 1 aliphatic rings. The lowest BCUT2D eigenvalue weighted by Crippen LogP contribution is -2.44. The molecule has 0 saturated carbocycles. The molecule has 1 heterocycles. The van der Waals surface area contributed by atoms with E-state index in [0.29, 0.717) is 5.92 Å². The topological polar surface area (TPSA) is 20.3 Å². The summed E-state index contributed by atoms with van der Waals surface area (Å²) in [5, 5.41) is 0.766. The van der Waals surface area contributed by atoms with Crippen molar-refractivity contribution >= 4 is 17.5 Å². The standard InChI is InChI=1S/C16H22ClNO/c1-16(2,3)15(19)18-10-4-5-13(11-18)12-6-8-14(17)9-7-12/h6-9,13H,4-5,10-11H2,1-3H3. The van der Waals surface area contributed by atoms with E-state index in [9.17, 15) is 4.79 Å². The van der Waals surface area contributed by atoms with Gasteiger partial charge in [-0.05, 0) is 30.5 Å². The highest BCUT2D eigenvalue weighted by molar-refractivity contribution is 6.30. The number of hydrogen-bond donors (Lipinski definition) is 0. The highest BCUT2D eigenvalue weighted by atomic mass is 35.5. The summed E-state index contributed by atoms with van der Waals surface area (Å²) in [5.41, 5.74) is 0.998. The minimum Gasteiger partial charge on any atom is -0.342 e. The van der Waals surface area contributed by atoms with Gasteiger partial charge < -0.3 is 4.90 Å². The number of carbonyl (C=O) groups excluding carboxylic acids is 1. The number of benzene rings is 1. The summed E-state index contributed by atoms with van der Waals surface area (Å²) in [4.78, 5) is 14.4. The van der Waals surface area contributed by atoms with Gasteiger partial charge in [0, 0.05) is 29.4 Å². The van der Waals surface area contributed by atoms with E-state index in [1.54, 1.807) is 0 Å². The summed E-state index contributed by atoms with van der Waals surface area (Å²) in [7, 11) is 0. The van der Waals surface area contributed by atoms with Crippen molar-refractivity contribution in [2.45, 2.75) is 39.5 Å². The predicted molar refractivity (Wildman–Crippen MR) is 79.5 cm³/mol. The summed E-state index contributed by atoms with van der Waals surface area (Å²) in [6.07, 6.45) is 2.23. The van der Waals surface area contributed by atoms with E-state index < -0.39 is 0 Å².